The van der Waals surface area contributed by atoms with Gasteiger partial charge in [0.25, 0.3) is 5.69 Å². The Hall–Kier alpha value is -3.18. The number of hydrogen-bond donors (Lipinski definition) is 0. The first kappa shape index (κ1) is 16.7. The van der Waals surface area contributed by atoms with E-state index in [4.69, 9.17) is 16.3 Å². The minimum atomic E-state index is -0.692. The molecular weight excluding hydrogens is 342 g/mol. The second-order valence-corrected chi connectivity index (χ2v) is 5.58. The summed E-state index contributed by atoms with van der Waals surface area (Å²) < 4.78 is 5.46. The predicted molar refractivity (Wildman–Crippen MR) is 94.9 cm³/mol. The number of nitrogens with zero attached hydrogens (tertiary/aromatic N) is 1. The fourth-order valence-corrected chi connectivity index (χ4v) is 2.54. The van der Waals surface area contributed by atoms with E-state index in [1.807, 2.05) is 42.5 Å². The zero-order chi connectivity index (χ0) is 17.8. The van der Waals surface area contributed by atoms with Crippen molar-refractivity contribution in [2.75, 3.05) is 0 Å². The van der Waals surface area contributed by atoms with E-state index in [-0.39, 0.29) is 16.3 Å². The van der Waals surface area contributed by atoms with Gasteiger partial charge in [-0.1, -0.05) is 60.1 Å². The number of rotatable bonds is 4. The number of para-hydroxylation sites is 1. The van der Waals surface area contributed by atoms with E-state index >= 15 is 0 Å². The largest absolute Gasteiger partial charge is 0.422 e. The molecule has 3 aromatic rings. The molecule has 0 heterocycles. The smallest absolute Gasteiger partial charge is 0.343 e. The average Bonchev–Trinajstić information content (AvgIpc) is 2.63. The predicted octanol–water partition coefficient (Wildman–Crippen LogP) is 5.13. The maximum Gasteiger partial charge on any atom is 0.343 e. The van der Waals surface area contributed by atoms with E-state index in [1.54, 1.807) is 12.1 Å². The Balaban J connectivity index is 1.92. The SMILES string of the molecule is O=C(Oc1ccccc1-c1ccccc1)c1ccc(Cl)c([N+](=O)[O-])c1. The summed E-state index contributed by atoms with van der Waals surface area (Å²) in [6.45, 7) is 0. The van der Waals surface area contributed by atoms with Crippen molar-refractivity contribution in [3.8, 4) is 16.9 Å². The molecule has 3 rings (SSSR count). The van der Waals surface area contributed by atoms with Gasteiger partial charge >= 0.3 is 5.97 Å². The third-order valence-corrected chi connectivity index (χ3v) is 3.87. The van der Waals surface area contributed by atoms with Crippen molar-refractivity contribution in [3.05, 3.63) is 93.5 Å². The highest BCUT2D eigenvalue weighted by Crippen LogP contribution is 2.31. The topological polar surface area (TPSA) is 69.4 Å². The lowest BCUT2D eigenvalue weighted by Crippen LogP contribution is -2.09. The summed E-state index contributed by atoms with van der Waals surface area (Å²) in [5, 5.41) is 10.9. The lowest BCUT2D eigenvalue weighted by atomic mass is 10.0. The van der Waals surface area contributed by atoms with Gasteiger partial charge in [0.15, 0.2) is 0 Å². The second kappa shape index (κ2) is 7.15. The van der Waals surface area contributed by atoms with Crippen LogP contribution >= 0.6 is 11.6 Å². The molecular formula is C19H12ClNO4. The van der Waals surface area contributed by atoms with Gasteiger partial charge in [0.2, 0.25) is 0 Å². The number of nitro benzene ring substituents is 1. The number of carbonyl (C=O) groups excluding carboxylic acids is 1. The summed E-state index contributed by atoms with van der Waals surface area (Å²) in [4.78, 5) is 22.7. The minimum absolute atomic E-state index is 0.0359. The number of esters is 1. The van der Waals surface area contributed by atoms with Crippen LogP contribution in [0.5, 0.6) is 5.75 Å². The number of carbonyl (C=O) groups is 1. The Kier molecular flexibility index (Phi) is 4.77. The fourth-order valence-electron chi connectivity index (χ4n) is 2.35. The molecule has 0 fully saturated rings. The number of hydrogen-bond acceptors (Lipinski definition) is 4. The lowest BCUT2D eigenvalue weighted by molar-refractivity contribution is -0.384. The molecule has 0 aliphatic heterocycles. The highest BCUT2D eigenvalue weighted by atomic mass is 35.5. The third-order valence-electron chi connectivity index (χ3n) is 3.55. The van der Waals surface area contributed by atoms with Gasteiger partial charge in [-0.25, -0.2) is 4.79 Å². The van der Waals surface area contributed by atoms with Gasteiger partial charge < -0.3 is 4.74 Å². The summed E-state index contributed by atoms with van der Waals surface area (Å²) in [5.74, 6) is -0.320. The average molecular weight is 354 g/mol. The van der Waals surface area contributed by atoms with E-state index in [2.05, 4.69) is 0 Å². The van der Waals surface area contributed by atoms with Crippen LogP contribution in [0.2, 0.25) is 5.02 Å². The first-order valence-electron chi connectivity index (χ1n) is 7.37. The number of benzene rings is 3. The van der Waals surface area contributed by atoms with Crippen LogP contribution in [0.1, 0.15) is 10.4 Å². The Morgan fingerprint density at radius 3 is 2.36 bits per heavy atom. The Morgan fingerprint density at radius 1 is 0.960 bits per heavy atom. The summed E-state index contributed by atoms with van der Waals surface area (Å²) in [5.41, 5.74) is 1.36. The van der Waals surface area contributed by atoms with Crippen LogP contribution < -0.4 is 4.74 Å². The molecule has 0 aromatic heterocycles. The molecule has 0 unspecified atom stereocenters. The van der Waals surface area contributed by atoms with Gasteiger partial charge in [0.05, 0.1) is 10.5 Å². The van der Waals surface area contributed by atoms with E-state index in [1.165, 1.54) is 12.1 Å². The highest BCUT2D eigenvalue weighted by molar-refractivity contribution is 6.32. The summed E-state index contributed by atoms with van der Waals surface area (Å²) >= 11 is 5.77. The van der Waals surface area contributed by atoms with Gasteiger partial charge in [-0.2, -0.15) is 0 Å². The Morgan fingerprint density at radius 2 is 1.64 bits per heavy atom. The van der Waals surface area contributed by atoms with Crippen molar-refractivity contribution in [2.45, 2.75) is 0 Å². The lowest BCUT2D eigenvalue weighted by Gasteiger charge is -2.10. The molecule has 0 saturated carbocycles. The molecule has 3 aromatic carbocycles. The van der Waals surface area contributed by atoms with Crippen LogP contribution in [0.25, 0.3) is 11.1 Å². The van der Waals surface area contributed by atoms with Crippen molar-refractivity contribution < 1.29 is 14.5 Å². The zero-order valence-electron chi connectivity index (χ0n) is 12.9. The molecule has 5 nitrogen and oxygen atoms in total. The fraction of sp³-hybridized carbons (Fsp3) is 0. The van der Waals surface area contributed by atoms with Crippen molar-refractivity contribution in [1.82, 2.24) is 0 Å². The molecule has 25 heavy (non-hydrogen) atoms. The monoisotopic (exact) mass is 353 g/mol. The first-order chi connectivity index (χ1) is 12.1. The molecule has 0 N–H and O–H groups in total. The molecule has 0 spiro atoms. The summed E-state index contributed by atoms with van der Waals surface area (Å²) in [6, 6.07) is 20.4. The van der Waals surface area contributed by atoms with Crippen LogP contribution in [0.4, 0.5) is 5.69 Å². The molecule has 0 aliphatic rings. The van der Waals surface area contributed by atoms with Crippen LogP contribution in [-0.2, 0) is 0 Å². The first-order valence-corrected chi connectivity index (χ1v) is 7.74. The molecule has 0 atom stereocenters. The van der Waals surface area contributed by atoms with Crippen LogP contribution in [0, 0.1) is 10.1 Å². The molecule has 0 aliphatic carbocycles. The number of nitro groups is 1. The molecule has 0 amide bonds. The number of halogens is 1. The van der Waals surface area contributed by atoms with E-state index in [0.29, 0.717) is 5.75 Å². The summed E-state index contributed by atoms with van der Waals surface area (Å²) in [6.07, 6.45) is 0. The van der Waals surface area contributed by atoms with Crippen molar-refractivity contribution in [3.63, 3.8) is 0 Å². The molecule has 6 heteroatoms. The molecule has 0 radical (unpaired) electrons. The van der Waals surface area contributed by atoms with Gasteiger partial charge in [-0.15, -0.1) is 0 Å². The highest BCUT2D eigenvalue weighted by Gasteiger charge is 2.18. The Bertz CT molecular complexity index is 941. The molecule has 124 valence electrons. The molecule has 0 saturated heterocycles. The van der Waals surface area contributed by atoms with E-state index < -0.39 is 10.9 Å². The van der Waals surface area contributed by atoms with E-state index in [0.717, 1.165) is 17.2 Å². The minimum Gasteiger partial charge on any atom is -0.422 e. The van der Waals surface area contributed by atoms with Gasteiger partial charge in [0.1, 0.15) is 10.8 Å². The maximum atomic E-state index is 12.4. The maximum absolute atomic E-state index is 12.4. The number of ether oxygens (including phenoxy) is 1. The normalized spacial score (nSPS) is 10.3. The zero-order valence-corrected chi connectivity index (χ0v) is 13.6. The summed E-state index contributed by atoms with van der Waals surface area (Å²) in [7, 11) is 0. The molecule has 0 bridgehead atoms. The standard InChI is InChI=1S/C19H12ClNO4/c20-16-11-10-14(12-17(16)21(23)24)19(22)25-18-9-5-4-8-15(18)13-6-2-1-3-7-13/h1-12H. The quantitative estimate of drug-likeness (QED) is 0.282. The van der Waals surface area contributed by atoms with E-state index in [9.17, 15) is 14.9 Å². The van der Waals surface area contributed by atoms with Gasteiger partial charge in [0, 0.05) is 11.6 Å². The van der Waals surface area contributed by atoms with Crippen LogP contribution in [-0.4, -0.2) is 10.9 Å². The Labute approximate surface area is 148 Å². The second-order valence-electron chi connectivity index (χ2n) is 5.18. The van der Waals surface area contributed by atoms with Crippen LogP contribution in [0.15, 0.2) is 72.8 Å². The third kappa shape index (κ3) is 3.67. The van der Waals surface area contributed by atoms with Gasteiger partial charge in [-0.3, -0.25) is 10.1 Å². The van der Waals surface area contributed by atoms with Crippen molar-refractivity contribution in [2.24, 2.45) is 0 Å². The van der Waals surface area contributed by atoms with Crippen LogP contribution in [0.3, 0.4) is 0 Å². The van der Waals surface area contributed by atoms with Gasteiger partial charge in [-0.05, 0) is 23.8 Å². The van der Waals surface area contributed by atoms with Crippen molar-refractivity contribution >= 4 is 23.3 Å². The van der Waals surface area contributed by atoms with Crippen molar-refractivity contribution in [1.29, 1.82) is 0 Å².